The summed E-state index contributed by atoms with van der Waals surface area (Å²) in [6.07, 6.45) is 7.39. The van der Waals surface area contributed by atoms with Crippen LogP contribution in [-0.4, -0.2) is 12.7 Å². The average Bonchev–Trinajstić information content (AvgIpc) is 2.46. The molecule has 2 heteroatoms. The van der Waals surface area contributed by atoms with Crippen molar-refractivity contribution in [3.8, 4) is 0 Å². The lowest BCUT2D eigenvalue weighted by Crippen LogP contribution is -2.21. The highest BCUT2D eigenvalue weighted by Crippen LogP contribution is 2.22. The van der Waals surface area contributed by atoms with Crippen LogP contribution in [0.25, 0.3) is 0 Å². The predicted molar refractivity (Wildman–Crippen MR) is 75.6 cm³/mol. The molecule has 0 bridgehead atoms. The summed E-state index contributed by atoms with van der Waals surface area (Å²) in [5.41, 5.74) is 8.88. The van der Waals surface area contributed by atoms with Gasteiger partial charge in [0.2, 0.25) is 0 Å². The highest BCUT2D eigenvalue weighted by molar-refractivity contribution is 5.24. The van der Waals surface area contributed by atoms with Gasteiger partial charge in [0, 0.05) is 12.6 Å². The number of benzene rings is 1. The molecule has 0 radical (unpaired) electrons. The first-order chi connectivity index (χ1) is 8.79. The Bertz CT molecular complexity index is 341. The van der Waals surface area contributed by atoms with Gasteiger partial charge in [-0.15, -0.1) is 0 Å². The second-order valence-corrected chi connectivity index (χ2v) is 5.27. The minimum atomic E-state index is 0.154. The molecular weight excluding hydrogens is 222 g/mol. The van der Waals surface area contributed by atoms with Crippen LogP contribution in [0.3, 0.4) is 0 Å². The third kappa shape index (κ3) is 3.82. The first kappa shape index (κ1) is 13.6. The van der Waals surface area contributed by atoms with Gasteiger partial charge < -0.3 is 10.5 Å². The molecule has 18 heavy (non-hydrogen) atoms. The van der Waals surface area contributed by atoms with E-state index in [4.69, 9.17) is 10.5 Å². The van der Waals surface area contributed by atoms with Crippen molar-refractivity contribution in [2.24, 2.45) is 5.73 Å². The first-order valence-electron chi connectivity index (χ1n) is 7.25. The molecule has 2 rings (SSSR count). The van der Waals surface area contributed by atoms with Crippen LogP contribution >= 0.6 is 0 Å². The molecule has 1 saturated heterocycles. The molecule has 2 N–H and O–H groups in total. The van der Waals surface area contributed by atoms with Gasteiger partial charge in [0.1, 0.15) is 0 Å². The maximum Gasteiger partial charge on any atom is 0.0575 e. The monoisotopic (exact) mass is 247 g/mol. The Morgan fingerprint density at radius 3 is 2.67 bits per heavy atom. The third-order valence-electron chi connectivity index (χ3n) is 3.89. The van der Waals surface area contributed by atoms with Crippen LogP contribution in [0.15, 0.2) is 24.3 Å². The molecule has 1 aliphatic heterocycles. The first-order valence-corrected chi connectivity index (χ1v) is 7.25. The highest BCUT2D eigenvalue weighted by Gasteiger charge is 2.15. The second kappa shape index (κ2) is 6.91. The van der Waals surface area contributed by atoms with Crippen molar-refractivity contribution < 1.29 is 4.74 Å². The molecule has 1 heterocycles. The van der Waals surface area contributed by atoms with Gasteiger partial charge in [-0.1, -0.05) is 31.2 Å². The number of hydrogen-bond donors (Lipinski definition) is 1. The van der Waals surface area contributed by atoms with Crippen molar-refractivity contribution in [3.63, 3.8) is 0 Å². The summed E-state index contributed by atoms with van der Waals surface area (Å²) in [6, 6.07) is 8.87. The molecule has 1 fully saturated rings. The zero-order chi connectivity index (χ0) is 12.8. The Labute approximate surface area is 111 Å². The normalized spacial score (nSPS) is 21.8. The largest absolute Gasteiger partial charge is 0.378 e. The predicted octanol–water partition coefficient (Wildman–Crippen LogP) is 3.60. The third-order valence-corrected chi connectivity index (χ3v) is 3.89. The molecule has 1 aliphatic rings. The number of ether oxygens (including phenoxy) is 1. The van der Waals surface area contributed by atoms with Gasteiger partial charge in [0.15, 0.2) is 0 Å². The van der Waals surface area contributed by atoms with E-state index in [0.29, 0.717) is 6.10 Å². The Kier molecular flexibility index (Phi) is 5.21. The van der Waals surface area contributed by atoms with Crippen molar-refractivity contribution in [1.29, 1.82) is 0 Å². The smallest absolute Gasteiger partial charge is 0.0575 e. The van der Waals surface area contributed by atoms with Crippen molar-refractivity contribution in [3.05, 3.63) is 35.4 Å². The number of hydrogen-bond acceptors (Lipinski definition) is 2. The molecule has 0 amide bonds. The standard InChI is InChI=1S/C16H25NO/c1-2-13-6-8-14(9-7-13)16(17)11-10-15-5-3-4-12-18-15/h6-9,15-16H,2-5,10-12,17H2,1H3. The fraction of sp³-hybridized carbons (Fsp3) is 0.625. The minimum absolute atomic E-state index is 0.154. The summed E-state index contributed by atoms with van der Waals surface area (Å²) in [4.78, 5) is 0. The second-order valence-electron chi connectivity index (χ2n) is 5.27. The van der Waals surface area contributed by atoms with Crippen molar-refractivity contribution in [2.75, 3.05) is 6.61 Å². The van der Waals surface area contributed by atoms with E-state index in [0.717, 1.165) is 25.9 Å². The van der Waals surface area contributed by atoms with E-state index < -0.39 is 0 Å². The molecule has 2 nitrogen and oxygen atoms in total. The molecule has 1 aromatic carbocycles. The van der Waals surface area contributed by atoms with E-state index in [1.807, 2.05) is 0 Å². The summed E-state index contributed by atoms with van der Waals surface area (Å²) >= 11 is 0. The lowest BCUT2D eigenvalue weighted by molar-refractivity contribution is 0.00912. The molecule has 0 aliphatic carbocycles. The number of nitrogens with two attached hydrogens (primary N) is 1. The van der Waals surface area contributed by atoms with Crippen LogP contribution < -0.4 is 5.73 Å². The van der Waals surface area contributed by atoms with Crippen LogP contribution in [0.1, 0.15) is 56.2 Å². The summed E-state index contributed by atoms with van der Waals surface area (Å²) in [5, 5.41) is 0. The topological polar surface area (TPSA) is 35.2 Å². The van der Waals surface area contributed by atoms with E-state index in [1.54, 1.807) is 0 Å². The Hall–Kier alpha value is -0.860. The Balaban J connectivity index is 1.80. The van der Waals surface area contributed by atoms with Gasteiger partial charge in [-0.2, -0.15) is 0 Å². The lowest BCUT2D eigenvalue weighted by atomic mass is 9.97. The summed E-state index contributed by atoms with van der Waals surface area (Å²) in [6.45, 7) is 3.11. The lowest BCUT2D eigenvalue weighted by Gasteiger charge is -2.23. The van der Waals surface area contributed by atoms with Crippen molar-refractivity contribution in [2.45, 2.75) is 57.6 Å². The SMILES string of the molecule is CCc1ccc(C(N)CCC2CCCCO2)cc1. The summed E-state index contributed by atoms with van der Waals surface area (Å²) in [5.74, 6) is 0. The molecular formula is C16H25NO. The molecule has 0 saturated carbocycles. The molecule has 1 aromatic rings. The molecule has 100 valence electrons. The van der Waals surface area contributed by atoms with E-state index in [9.17, 15) is 0 Å². The zero-order valence-electron chi connectivity index (χ0n) is 11.4. The maximum absolute atomic E-state index is 6.25. The average molecular weight is 247 g/mol. The van der Waals surface area contributed by atoms with Crippen LogP contribution in [0, 0.1) is 0 Å². The summed E-state index contributed by atoms with van der Waals surface area (Å²) in [7, 11) is 0. The van der Waals surface area contributed by atoms with Crippen molar-refractivity contribution in [1.82, 2.24) is 0 Å². The van der Waals surface area contributed by atoms with Gasteiger partial charge >= 0.3 is 0 Å². The number of aryl methyl sites for hydroxylation is 1. The molecule has 2 unspecified atom stereocenters. The van der Waals surface area contributed by atoms with E-state index >= 15 is 0 Å². The van der Waals surface area contributed by atoms with Crippen LogP contribution in [0.2, 0.25) is 0 Å². The van der Waals surface area contributed by atoms with Gasteiger partial charge in [0.25, 0.3) is 0 Å². The van der Waals surface area contributed by atoms with Crippen LogP contribution in [-0.2, 0) is 11.2 Å². The fourth-order valence-electron chi connectivity index (χ4n) is 2.57. The molecule has 0 aromatic heterocycles. The van der Waals surface area contributed by atoms with Crippen LogP contribution in [0.5, 0.6) is 0 Å². The van der Waals surface area contributed by atoms with Gasteiger partial charge in [-0.3, -0.25) is 0 Å². The van der Waals surface area contributed by atoms with Crippen molar-refractivity contribution >= 4 is 0 Å². The summed E-state index contributed by atoms with van der Waals surface area (Å²) < 4.78 is 5.75. The Morgan fingerprint density at radius 2 is 2.06 bits per heavy atom. The highest BCUT2D eigenvalue weighted by atomic mass is 16.5. The van der Waals surface area contributed by atoms with Gasteiger partial charge in [-0.05, 0) is 49.7 Å². The van der Waals surface area contributed by atoms with Gasteiger partial charge in [0.05, 0.1) is 6.10 Å². The van der Waals surface area contributed by atoms with Crippen LogP contribution in [0.4, 0.5) is 0 Å². The quantitative estimate of drug-likeness (QED) is 0.863. The van der Waals surface area contributed by atoms with E-state index in [-0.39, 0.29) is 6.04 Å². The molecule has 2 atom stereocenters. The zero-order valence-corrected chi connectivity index (χ0v) is 11.4. The number of rotatable bonds is 5. The minimum Gasteiger partial charge on any atom is -0.378 e. The molecule has 0 spiro atoms. The Morgan fingerprint density at radius 1 is 1.28 bits per heavy atom. The maximum atomic E-state index is 6.25. The van der Waals surface area contributed by atoms with E-state index in [2.05, 4.69) is 31.2 Å². The fourth-order valence-corrected chi connectivity index (χ4v) is 2.57. The van der Waals surface area contributed by atoms with Gasteiger partial charge in [-0.25, -0.2) is 0 Å². The van der Waals surface area contributed by atoms with E-state index in [1.165, 1.54) is 30.4 Å².